The quantitative estimate of drug-likeness (QED) is 0.755. The fourth-order valence-electron chi connectivity index (χ4n) is 0.932. The average Bonchev–Trinajstić information content (AvgIpc) is 2.06. The van der Waals surface area contributed by atoms with Crippen LogP contribution in [0.2, 0.25) is 5.02 Å². The molecule has 1 aromatic rings. The third kappa shape index (κ3) is 2.38. The number of halogens is 5. The smallest absolute Gasteiger partial charge is 0.366 e. The molecule has 0 aliphatic rings. The Bertz CT molecular complexity index is 416. The molecule has 0 atom stereocenters. The number of nitrogens with two attached hydrogens (primary N) is 1. The Labute approximate surface area is 86.6 Å². The van der Waals surface area contributed by atoms with Crippen LogP contribution in [0.1, 0.15) is 15.9 Å². The monoisotopic (exact) mass is 241 g/mol. The molecule has 1 amide bonds. The summed E-state index contributed by atoms with van der Waals surface area (Å²) in [7, 11) is 0. The molecule has 1 rings (SSSR count). The lowest BCUT2D eigenvalue weighted by atomic mass is 10.1. The van der Waals surface area contributed by atoms with E-state index in [0.717, 1.165) is 0 Å². The van der Waals surface area contributed by atoms with Crippen LogP contribution in [-0.4, -0.2) is 5.91 Å². The first-order chi connectivity index (χ1) is 6.73. The van der Waals surface area contributed by atoms with E-state index in [4.69, 9.17) is 17.3 Å². The Morgan fingerprint density at radius 1 is 1.33 bits per heavy atom. The minimum Gasteiger partial charge on any atom is -0.366 e. The zero-order valence-electron chi connectivity index (χ0n) is 7.03. The van der Waals surface area contributed by atoms with Crippen molar-refractivity contribution in [1.82, 2.24) is 0 Å². The highest BCUT2D eigenvalue weighted by Crippen LogP contribution is 2.33. The van der Waals surface area contributed by atoms with Crippen LogP contribution in [0.3, 0.4) is 0 Å². The van der Waals surface area contributed by atoms with Gasteiger partial charge >= 0.3 is 6.18 Å². The third-order valence-electron chi connectivity index (χ3n) is 1.62. The number of rotatable bonds is 1. The Hall–Kier alpha value is -1.30. The summed E-state index contributed by atoms with van der Waals surface area (Å²) in [6.07, 6.45) is -4.75. The van der Waals surface area contributed by atoms with Crippen LogP contribution in [0.25, 0.3) is 0 Å². The molecule has 0 saturated heterocycles. The molecular weight excluding hydrogens is 238 g/mol. The maximum atomic E-state index is 12.9. The van der Waals surface area contributed by atoms with Crippen LogP contribution >= 0.6 is 11.6 Å². The Balaban J connectivity index is 3.43. The van der Waals surface area contributed by atoms with E-state index in [-0.39, 0.29) is 6.07 Å². The van der Waals surface area contributed by atoms with Crippen molar-refractivity contribution < 1.29 is 22.4 Å². The number of carbonyl (C=O) groups is 1. The molecule has 0 heterocycles. The van der Waals surface area contributed by atoms with Gasteiger partial charge in [-0.1, -0.05) is 11.6 Å². The number of alkyl halides is 3. The summed E-state index contributed by atoms with van der Waals surface area (Å²) in [4.78, 5) is 10.7. The summed E-state index contributed by atoms with van der Waals surface area (Å²) in [5.74, 6) is -2.55. The zero-order valence-corrected chi connectivity index (χ0v) is 7.79. The molecule has 0 aromatic heterocycles. The van der Waals surface area contributed by atoms with Gasteiger partial charge in [0.05, 0.1) is 16.1 Å². The van der Waals surface area contributed by atoms with E-state index in [1.165, 1.54) is 0 Å². The zero-order chi connectivity index (χ0) is 11.8. The predicted octanol–water partition coefficient (Wildman–Crippen LogP) is 2.60. The van der Waals surface area contributed by atoms with Crippen LogP contribution in [0.5, 0.6) is 0 Å². The van der Waals surface area contributed by atoms with Crippen molar-refractivity contribution in [3.8, 4) is 0 Å². The first-order valence-corrected chi connectivity index (χ1v) is 3.97. The normalized spacial score (nSPS) is 11.5. The minimum absolute atomic E-state index is 0.203. The van der Waals surface area contributed by atoms with Gasteiger partial charge in [0.15, 0.2) is 0 Å². The lowest BCUT2D eigenvalue weighted by Gasteiger charge is -2.09. The van der Waals surface area contributed by atoms with Gasteiger partial charge in [0.2, 0.25) is 5.91 Å². The third-order valence-corrected chi connectivity index (χ3v) is 2.01. The number of benzene rings is 1. The summed E-state index contributed by atoms with van der Waals surface area (Å²) < 4.78 is 49.4. The largest absolute Gasteiger partial charge is 0.416 e. The van der Waals surface area contributed by atoms with Crippen LogP contribution in [0.4, 0.5) is 17.6 Å². The van der Waals surface area contributed by atoms with E-state index in [1.54, 1.807) is 0 Å². The first-order valence-electron chi connectivity index (χ1n) is 3.59. The second-order valence-electron chi connectivity index (χ2n) is 2.68. The predicted molar refractivity (Wildman–Crippen MR) is 44.9 cm³/mol. The van der Waals surface area contributed by atoms with Crippen LogP contribution in [0.15, 0.2) is 12.1 Å². The van der Waals surface area contributed by atoms with Crippen molar-refractivity contribution in [2.45, 2.75) is 6.18 Å². The van der Waals surface area contributed by atoms with Gasteiger partial charge in [0.25, 0.3) is 0 Å². The first kappa shape index (κ1) is 11.8. The highest BCUT2D eigenvalue weighted by molar-refractivity contribution is 6.33. The Kier molecular flexibility index (Phi) is 2.90. The van der Waals surface area contributed by atoms with Crippen LogP contribution in [-0.2, 0) is 6.18 Å². The Morgan fingerprint density at radius 2 is 1.87 bits per heavy atom. The molecule has 0 aliphatic heterocycles. The summed E-state index contributed by atoms with van der Waals surface area (Å²) in [6.45, 7) is 0. The number of carbonyl (C=O) groups excluding carboxylic acids is 1. The fraction of sp³-hybridized carbons (Fsp3) is 0.125. The van der Waals surface area contributed by atoms with Crippen molar-refractivity contribution in [3.05, 3.63) is 34.1 Å². The molecule has 0 aliphatic carbocycles. The van der Waals surface area contributed by atoms with Gasteiger partial charge in [0.1, 0.15) is 5.82 Å². The molecular formula is C8H4ClF4NO. The lowest BCUT2D eigenvalue weighted by Crippen LogP contribution is -2.15. The molecule has 0 radical (unpaired) electrons. The van der Waals surface area contributed by atoms with Crippen molar-refractivity contribution in [2.24, 2.45) is 5.73 Å². The lowest BCUT2D eigenvalue weighted by molar-refractivity contribution is -0.137. The van der Waals surface area contributed by atoms with E-state index < -0.39 is 34.1 Å². The van der Waals surface area contributed by atoms with Crippen molar-refractivity contribution in [1.29, 1.82) is 0 Å². The van der Waals surface area contributed by atoms with Gasteiger partial charge in [0, 0.05) is 0 Å². The van der Waals surface area contributed by atoms with E-state index in [0.29, 0.717) is 6.07 Å². The van der Waals surface area contributed by atoms with E-state index in [9.17, 15) is 22.4 Å². The summed E-state index contributed by atoms with van der Waals surface area (Å²) >= 11 is 5.27. The van der Waals surface area contributed by atoms with Crippen LogP contribution in [0, 0.1) is 5.82 Å². The second kappa shape index (κ2) is 3.69. The SMILES string of the molecule is NC(=O)c1cc(C(F)(F)F)cc(F)c1Cl. The van der Waals surface area contributed by atoms with Gasteiger partial charge < -0.3 is 5.73 Å². The minimum atomic E-state index is -4.75. The molecule has 7 heteroatoms. The number of hydrogen-bond acceptors (Lipinski definition) is 1. The molecule has 0 fully saturated rings. The molecule has 15 heavy (non-hydrogen) atoms. The van der Waals surface area contributed by atoms with Gasteiger partial charge in [-0.25, -0.2) is 4.39 Å². The number of amides is 1. The summed E-state index contributed by atoms with van der Waals surface area (Å²) in [5, 5.41) is -0.712. The topological polar surface area (TPSA) is 43.1 Å². The molecule has 1 aromatic carbocycles. The molecule has 2 N–H and O–H groups in total. The second-order valence-corrected chi connectivity index (χ2v) is 3.06. The molecule has 0 unspecified atom stereocenters. The molecule has 82 valence electrons. The van der Waals surface area contributed by atoms with Crippen LogP contribution < -0.4 is 5.73 Å². The molecule has 0 saturated carbocycles. The van der Waals surface area contributed by atoms with Gasteiger partial charge in [-0.05, 0) is 12.1 Å². The molecule has 0 bridgehead atoms. The highest BCUT2D eigenvalue weighted by atomic mass is 35.5. The Morgan fingerprint density at radius 3 is 2.27 bits per heavy atom. The van der Waals surface area contributed by atoms with E-state index in [1.807, 2.05) is 0 Å². The van der Waals surface area contributed by atoms with Gasteiger partial charge in [-0.3, -0.25) is 4.79 Å². The summed E-state index contributed by atoms with van der Waals surface area (Å²) in [5.41, 5.74) is 2.74. The summed E-state index contributed by atoms with van der Waals surface area (Å²) in [6, 6.07) is 0.614. The maximum absolute atomic E-state index is 12.9. The molecule has 0 spiro atoms. The fourth-order valence-corrected chi connectivity index (χ4v) is 1.13. The standard InChI is InChI=1S/C8H4ClF4NO/c9-6-4(7(14)15)1-3(2-5(6)10)8(11,12)13/h1-2H,(H2,14,15). The van der Waals surface area contributed by atoms with Crippen molar-refractivity contribution in [3.63, 3.8) is 0 Å². The molecule has 2 nitrogen and oxygen atoms in total. The van der Waals surface area contributed by atoms with Gasteiger partial charge in [-0.15, -0.1) is 0 Å². The average molecular weight is 242 g/mol. The van der Waals surface area contributed by atoms with Crippen molar-refractivity contribution >= 4 is 17.5 Å². The van der Waals surface area contributed by atoms with E-state index in [2.05, 4.69) is 0 Å². The van der Waals surface area contributed by atoms with Crippen molar-refractivity contribution in [2.75, 3.05) is 0 Å². The maximum Gasteiger partial charge on any atom is 0.416 e. The highest BCUT2D eigenvalue weighted by Gasteiger charge is 2.32. The number of primary amides is 1. The number of hydrogen-bond donors (Lipinski definition) is 1. The van der Waals surface area contributed by atoms with Gasteiger partial charge in [-0.2, -0.15) is 13.2 Å². The van der Waals surface area contributed by atoms with E-state index >= 15 is 0 Å².